The van der Waals surface area contributed by atoms with Crippen LogP contribution in [0.3, 0.4) is 0 Å². The standard InChI is InChI=1S/C26H24F3N7O3/c1-14-11-35(25(38)15-6-4-3-5-7-15)12-19(14)34-23(37)17-8-16(10-31-24(17)39-2)20-9-18(26(27,28)29)21-22(30)32-13-33-36(20)21/h3-10,13-14,19H,11-12H2,1-2H3,(H,34,37)(H2,30,32,33)/t14-,19+/m1/s1. The number of aromatic nitrogens is 4. The van der Waals surface area contributed by atoms with Gasteiger partial charge in [-0.1, -0.05) is 25.1 Å². The molecule has 1 fully saturated rings. The summed E-state index contributed by atoms with van der Waals surface area (Å²) in [6, 6.07) is 10.8. The number of halogens is 3. The van der Waals surface area contributed by atoms with Crippen LogP contribution in [0.2, 0.25) is 0 Å². The molecule has 0 unspecified atom stereocenters. The third-order valence-corrected chi connectivity index (χ3v) is 6.71. The van der Waals surface area contributed by atoms with Crippen LogP contribution in [0.4, 0.5) is 19.0 Å². The number of nitrogens with one attached hydrogen (secondary N) is 1. The Kier molecular flexibility index (Phi) is 6.58. The lowest BCUT2D eigenvalue weighted by Gasteiger charge is -2.18. The molecule has 0 saturated carbocycles. The van der Waals surface area contributed by atoms with E-state index in [0.29, 0.717) is 18.7 Å². The number of pyridine rings is 1. The number of fused-ring (bicyclic) bond motifs is 1. The number of amides is 2. The summed E-state index contributed by atoms with van der Waals surface area (Å²) in [6.07, 6.45) is -2.39. The zero-order chi connectivity index (χ0) is 27.9. The van der Waals surface area contributed by atoms with E-state index in [2.05, 4.69) is 20.4 Å². The number of nitrogens with two attached hydrogens (primary N) is 1. The van der Waals surface area contributed by atoms with Crippen molar-refractivity contribution < 1.29 is 27.5 Å². The first-order valence-corrected chi connectivity index (χ1v) is 12.0. The van der Waals surface area contributed by atoms with Gasteiger partial charge in [-0.05, 0) is 30.2 Å². The molecule has 0 spiro atoms. The zero-order valence-corrected chi connectivity index (χ0v) is 20.9. The van der Waals surface area contributed by atoms with Crippen molar-refractivity contribution in [2.75, 3.05) is 25.9 Å². The highest BCUT2D eigenvalue weighted by molar-refractivity contribution is 5.98. The van der Waals surface area contributed by atoms with E-state index in [1.54, 1.807) is 29.2 Å². The molecule has 0 aliphatic carbocycles. The SMILES string of the molecule is COc1ncc(-c2cc(C(F)(F)F)c3c(N)ncnn23)cc1C(=O)N[C@H]1CN(C(=O)c2ccccc2)C[C@H]1C. The fourth-order valence-electron chi connectivity index (χ4n) is 4.74. The number of nitrogen functional groups attached to an aromatic ring is 1. The summed E-state index contributed by atoms with van der Waals surface area (Å²) in [5, 5.41) is 6.87. The molecule has 3 aromatic heterocycles. The van der Waals surface area contributed by atoms with E-state index in [4.69, 9.17) is 10.5 Å². The largest absolute Gasteiger partial charge is 0.480 e. The number of hydrogen-bond acceptors (Lipinski definition) is 7. The van der Waals surface area contributed by atoms with Crippen molar-refractivity contribution in [1.82, 2.24) is 29.8 Å². The lowest BCUT2D eigenvalue weighted by molar-refractivity contribution is -0.136. The van der Waals surface area contributed by atoms with E-state index in [-0.39, 0.29) is 46.4 Å². The fraction of sp³-hybridized carbons (Fsp3) is 0.269. The predicted molar refractivity (Wildman–Crippen MR) is 135 cm³/mol. The van der Waals surface area contributed by atoms with Crippen molar-refractivity contribution in [3.05, 3.63) is 71.7 Å². The molecule has 0 radical (unpaired) electrons. The molecule has 0 bridgehead atoms. The summed E-state index contributed by atoms with van der Waals surface area (Å²) in [5.41, 5.74) is 5.10. The molecule has 2 atom stereocenters. The van der Waals surface area contributed by atoms with Crippen molar-refractivity contribution in [1.29, 1.82) is 0 Å². The third kappa shape index (κ3) is 4.82. The number of ether oxygens (including phenoxy) is 1. The Bertz CT molecular complexity index is 1560. The van der Waals surface area contributed by atoms with Crippen LogP contribution in [0.5, 0.6) is 5.88 Å². The number of alkyl halides is 3. The Morgan fingerprint density at radius 1 is 1.13 bits per heavy atom. The van der Waals surface area contributed by atoms with Crippen LogP contribution in [0.15, 0.2) is 55.0 Å². The maximum absolute atomic E-state index is 13.8. The molecule has 39 heavy (non-hydrogen) atoms. The molecule has 5 rings (SSSR count). The van der Waals surface area contributed by atoms with Gasteiger partial charge in [0.25, 0.3) is 11.8 Å². The van der Waals surface area contributed by atoms with Gasteiger partial charge in [0.2, 0.25) is 5.88 Å². The molecule has 1 aliphatic heterocycles. The summed E-state index contributed by atoms with van der Waals surface area (Å²) < 4.78 is 47.6. The van der Waals surface area contributed by atoms with Crippen molar-refractivity contribution in [2.45, 2.75) is 19.1 Å². The van der Waals surface area contributed by atoms with Crippen LogP contribution in [-0.4, -0.2) is 62.5 Å². The lowest BCUT2D eigenvalue weighted by Crippen LogP contribution is -2.40. The minimum absolute atomic E-state index is 0.00911. The average molecular weight is 540 g/mol. The molecule has 13 heteroatoms. The molecule has 10 nitrogen and oxygen atoms in total. The van der Waals surface area contributed by atoms with Gasteiger partial charge in [0.1, 0.15) is 17.4 Å². The van der Waals surface area contributed by atoms with Gasteiger partial charge in [-0.15, -0.1) is 0 Å². The fourth-order valence-corrected chi connectivity index (χ4v) is 4.74. The van der Waals surface area contributed by atoms with Crippen LogP contribution in [-0.2, 0) is 6.18 Å². The predicted octanol–water partition coefficient (Wildman–Crippen LogP) is 3.29. The maximum atomic E-state index is 13.8. The number of nitrogens with zero attached hydrogens (tertiary/aromatic N) is 5. The zero-order valence-electron chi connectivity index (χ0n) is 20.9. The second-order valence-electron chi connectivity index (χ2n) is 9.26. The summed E-state index contributed by atoms with van der Waals surface area (Å²) >= 11 is 0. The Hall–Kier alpha value is -4.68. The van der Waals surface area contributed by atoms with Gasteiger partial charge >= 0.3 is 6.18 Å². The number of carbonyl (C=O) groups is 2. The van der Waals surface area contributed by atoms with Gasteiger partial charge < -0.3 is 20.7 Å². The highest BCUT2D eigenvalue weighted by Crippen LogP contribution is 2.39. The summed E-state index contributed by atoms with van der Waals surface area (Å²) in [5.74, 6) is -1.08. The van der Waals surface area contributed by atoms with Gasteiger partial charge in [-0.3, -0.25) is 9.59 Å². The number of methoxy groups -OCH3 is 1. The average Bonchev–Trinajstić information content (AvgIpc) is 3.50. The minimum atomic E-state index is -4.72. The molecule has 1 aromatic carbocycles. The van der Waals surface area contributed by atoms with Gasteiger partial charge in [-0.25, -0.2) is 14.5 Å². The first-order chi connectivity index (χ1) is 18.6. The summed E-state index contributed by atoms with van der Waals surface area (Å²) in [6.45, 7) is 2.67. The Labute approximate surface area is 220 Å². The van der Waals surface area contributed by atoms with E-state index >= 15 is 0 Å². The summed E-state index contributed by atoms with van der Waals surface area (Å²) in [7, 11) is 1.33. The van der Waals surface area contributed by atoms with Crippen molar-refractivity contribution in [3.8, 4) is 17.1 Å². The Balaban J connectivity index is 1.44. The van der Waals surface area contributed by atoms with Crippen LogP contribution < -0.4 is 15.8 Å². The highest BCUT2D eigenvalue weighted by Gasteiger charge is 2.37. The number of anilines is 1. The Morgan fingerprint density at radius 2 is 1.87 bits per heavy atom. The first-order valence-electron chi connectivity index (χ1n) is 12.0. The quantitative estimate of drug-likeness (QED) is 0.398. The van der Waals surface area contributed by atoms with Crippen LogP contribution >= 0.6 is 0 Å². The second-order valence-corrected chi connectivity index (χ2v) is 9.26. The molecule has 2 amide bonds. The molecule has 4 heterocycles. The maximum Gasteiger partial charge on any atom is 0.418 e. The van der Waals surface area contributed by atoms with Gasteiger partial charge in [-0.2, -0.15) is 18.3 Å². The highest BCUT2D eigenvalue weighted by atomic mass is 19.4. The smallest absolute Gasteiger partial charge is 0.418 e. The molecule has 3 N–H and O–H groups in total. The van der Waals surface area contributed by atoms with Crippen LogP contribution in [0, 0.1) is 5.92 Å². The Morgan fingerprint density at radius 3 is 2.56 bits per heavy atom. The minimum Gasteiger partial charge on any atom is -0.480 e. The van der Waals surface area contributed by atoms with Crippen LogP contribution in [0.25, 0.3) is 16.8 Å². The van der Waals surface area contributed by atoms with E-state index < -0.39 is 23.2 Å². The monoisotopic (exact) mass is 539 g/mol. The first kappa shape index (κ1) is 25.9. The number of likely N-dealkylation sites (tertiary alicyclic amines) is 1. The van der Waals surface area contributed by atoms with E-state index in [9.17, 15) is 22.8 Å². The number of hydrogen-bond donors (Lipinski definition) is 2. The second kappa shape index (κ2) is 9.89. The van der Waals surface area contributed by atoms with Crippen LogP contribution in [0.1, 0.15) is 33.2 Å². The number of benzene rings is 1. The molecule has 4 aromatic rings. The van der Waals surface area contributed by atoms with Gasteiger partial charge in [0.05, 0.1) is 24.4 Å². The molecular weight excluding hydrogens is 515 g/mol. The molecule has 1 aliphatic rings. The number of carbonyl (C=O) groups excluding carboxylic acids is 2. The van der Waals surface area contributed by atoms with Gasteiger partial charge in [0, 0.05) is 30.4 Å². The lowest BCUT2D eigenvalue weighted by atomic mass is 10.1. The van der Waals surface area contributed by atoms with Gasteiger partial charge in [0.15, 0.2) is 5.82 Å². The van der Waals surface area contributed by atoms with Crippen molar-refractivity contribution in [2.24, 2.45) is 5.92 Å². The normalized spacial score (nSPS) is 17.4. The molecular formula is C26H24F3N7O3. The molecule has 1 saturated heterocycles. The topological polar surface area (TPSA) is 128 Å². The number of rotatable bonds is 5. The summed E-state index contributed by atoms with van der Waals surface area (Å²) in [4.78, 5) is 35.8. The third-order valence-electron chi connectivity index (χ3n) is 6.71. The van der Waals surface area contributed by atoms with E-state index in [1.165, 1.54) is 19.4 Å². The van der Waals surface area contributed by atoms with Crippen molar-refractivity contribution in [3.63, 3.8) is 0 Å². The molecule has 202 valence electrons. The van der Waals surface area contributed by atoms with E-state index in [1.807, 2.05) is 13.0 Å². The van der Waals surface area contributed by atoms with Crippen molar-refractivity contribution >= 4 is 23.1 Å². The van der Waals surface area contributed by atoms with E-state index in [0.717, 1.165) is 16.9 Å².